The lowest BCUT2D eigenvalue weighted by Gasteiger charge is -2.34. The van der Waals surface area contributed by atoms with E-state index >= 15 is 0 Å². The number of nitrogens with one attached hydrogen (secondary N) is 1. The van der Waals surface area contributed by atoms with Crippen LogP contribution < -0.4 is 15.1 Å². The maximum atomic E-state index is 13.2. The smallest absolute Gasteiger partial charge is 0.226 e. The first-order chi connectivity index (χ1) is 13.9. The minimum atomic E-state index is -0.409. The third-order valence-electron chi connectivity index (χ3n) is 5.08. The fourth-order valence-corrected chi connectivity index (χ4v) is 3.38. The molecule has 2 aromatic rings. The molecular formula is C22H27FN4O2. The number of carbonyl (C=O) groups is 2. The molecule has 6 nitrogen and oxygen atoms in total. The summed E-state index contributed by atoms with van der Waals surface area (Å²) in [5, 5.41) is 2.66. The average molecular weight is 398 g/mol. The van der Waals surface area contributed by atoms with Crippen LogP contribution >= 0.6 is 0 Å². The summed E-state index contributed by atoms with van der Waals surface area (Å²) in [6, 6.07) is 13.6. The number of anilines is 3. The monoisotopic (exact) mass is 398 g/mol. The van der Waals surface area contributed by atoms with Crippen molar-refractivity contribution in [3.63, 3.8) is 0 Å². The van der Waals surface area contributed by atoms with E-state index in [2.05, 4.69) is 22.2 Å². The first-order valence-electron chi connectivity index (χ1n) is 9.79. The Balaban J connectivity index is 1.59. The molecule has 0 aliphatic carbocycles. The maximum absolute atomic E-state index is 13.2. The zero-order chi connectivity index (χ0) is 20.8. The number of rotatable bonds is 6. The van der Waals surface area contributed by atoms with Crippen LogP contribution in [0.5, 0.6) is 0 Å². The van der Waals surface area contributed by atoms with Crippen molar-refractivity contribution in [3.8, 4) is 0 Å². The van der Waals surface area contributed by atoms with Gasteiger partial charge in [-0.1, -0.05) is 6.07 Å². The zero-order valence-corrected chi connectivity index (χ0v) is 16.9. The van der Waals surface area contributed by atoms with E-state index in [0.29, 0.717) is 5.69 Å². The minimum absolute atomic E-state index is 0.121. The molecule has 1 aliphatic heterocycles. The van der Waals surface area contributed by atoms with Gasteiger partial charge in [0.15, 0.2) is 0 Å². The Bertz CT molecular complexity index is 848. The molecule has 2 aromatic carbocycles. The molecule has 0 radical (unpaired) electrons. The van der Waals surface area contributed by atoms with Crippen molar-refractivity contribution in [1.29, 1.82) is 0 Å². The van der Waals surface area contributed by atoms with Crippen LogP contribution in [0.1, 0.15) is 13.3 Å². The predicted octanol–water partition coefficient (Wildman–Crippen LogP) is 2.96. The molecule has 29 heavy (non-hydrogen) atoms. The van der Waals surface area contributed by atoms with Crippen molar-refractivity contribution in [2.24, 2.45) is 0 Å². The number of piperazine rings is 1. The SMILES string of the molecule is CC(=O)N(CCC(=O)Nc1cccc(F)c1)c1ccc(N2CCN(C)CC2)cc1. The number of nitrogens with zero attached hydrogens (tertiary/aromatic N) is 3. The molecule has 7 heteroatoms. The van der Waals surface area contributed by atoms with Crippen molar-refractivity contribution in [3.05, 3.63) is 54.3 Å². The molecule has 1 saturated heterocycles. The molecule has 0 saturated carbocycles. The van der Waals surface area contributed by atoms with Gasteiger partial charge in [0.2, 0.25) is 11.8 Å². The summed E-state index contributed by atoms with van der Waals surface area (Å²) >= 11 is 0. The summed E-state index contributed by atoms with van der Waals surface area (Å²) < 4.78 is 13.2. The van der Waals surface area contributed by atoms with Crippen LogP contribution in [0.2, 0.25) is 0 Å². The number of amides is 2. The van der Waals surface area contributed by atoms with E-state index in [1.165, 1.54) is 25.1 Å². The van der Waals surface area contributed by atoms with Crippen LogP contribution in [0.25, 0.3) is 0 Å². The number of benzene rings is 2. The van der Waals surface area contributed by atoms with Gasteiger partial charge in [0.1, 0.15) is 5.82 Å². The second-order valence-electron chi connectivity index (χ2n) is 7.29. The van der Waals surface area contributed by atoms with Gasteiger partial charge >= 0.3 is 0 Å². The van der Waals surface area contributed by atoms with E-state index in [-0.39, 0.29) is 24.8 Å². The van der Waals surface area contributed by atoms with E-state index in [1.807, 2.05) is 24.3 Å². The second kappa shape index (κ2) is 9.52. The van der Waals surface area contributed by atoms with Gasteiger partial charge in [-0.3, -0.25) is 9.59 Å². The molecule has 1 heterocycles. The van der Waals surface area contributed by atoms with E-state index in [1.54, 1.807) is 11.0 Å². The van der Waals surface area contributed by atoms with Crippen molar-refractivity contribution in [1.82, 2.24) is 4.90 Å². The van der Waals surface area contributed by atoms with Crippen molar-refractivity contribution in [2.75, 3.05) is 54.9 Å². The van der Waals surface area contributed by atoms with Gasteiger partial charge in [-0.05, 0) is 49.5 Å². The number of likely N-dealkylation sites (N-methyl/N-ethyl adjacent to an activating group) is 1. The molecule has 3 rings (SSSR count). The van der Waals surface area contributed by atoms with Gasteiger partial charge in [-0.25, -0.2) is 4.39 Å². The third-order valence-corrected chi connectivity index (χ3v) is 5.08. The van der Waals surface area contributed by atoms with Crippen LogP contribution in [0.4, 0.5) is 21.5 Å². The first kappa shape index (κ1) is 20.8. The molecule has 0 aromatic heterocycles. The Morgan fingerprint density at radius 1 is 1.07 bits per heavy atom. The molecule has 2 amide bonds. The molecule has 154 valence electrons. The topological polar surface area (TPSA) is 55.9 Å². The van der Waals surface area contributed by atoms with Crippen LogP contribution in [0.3, 0.4) is 0 Å². The standard InChI is InChI=1S/C22H27FN4O2/c1-17(28)27(11-10-22(29)24-19-5-3-4-18(23)16-19)21-8-6-20(7-9-21)26-14-12-25(2)13-15-26/h3-9,16H,10-15H2,1-2H3,(H,24,29). The first-order valence-corrected chi connectivity index (χ1v) is 9.79. The predicted molar refractivity (Wildman–Crippen MR) is 114 cm³/mol. The Morgan fingerprint density at radius 3 is 2.38 bits per heavy atom. The molecule has 0 atom stereocenters. The Labute approximate surface area is 170 Å². The summed E-state index contributed by atoms with van der Waals surface area (Å²) in [5.74, 6) is -0.805. The van der Waals surface area contributed by atoms with Gasteiger partial charge < -0.3 is 20.0 Å². The van der Waals surface area contributed by atoms with Crippen LogP contribution in [0, 0.1) is 5.82 Å². The van der Waals surface area contributed by atoms with Crippen LogP contribution in [0.15, 0.2) is 48.5 Å². The molecule has 0 bridgehead atoms. The summed E-state index contributed by atoms with van der Waals surface area (Å²) in [6.07, 6.45) is 0.121. The second-order valence-corrected chi connectivity index (χ2v) is 7.29. The van der Waals surface area contributed by atoms with Crippen LogP contribution in [-0.4, -0.2) is 56.5 Å². The highest BCUT2D eigenvalue weighted by atomic mass is 19.1. The lowest BCUT2D eigenvalue weighted by Crippen LogP contribution is -2.44. The molecular weight excluding hydrogens is 371 g/mol. The van der Waals surface area contributed by atoms with Crippen molar-refractivity contribution in [2.45, 2.75) is 13.3 Å². The maximum Gasteiger partial charge on any atom is 0.226 e. The van der Waals surface area contributed by atoms with E-state index in [4.69, 9.17) is 0 Å². The molecule has 1 aliphatic rings. The van der Waals surface area contributed by atoms with E-state index in [9.17, 15) is 14.0 Å². The summed E-state index contributed by atoms with van der Waals surface area (Å²) in [6.45, 7) is 5.76. The van der Waals surface area contributed by atoms with Gasteiger partial charge in [0.25, 0.3) is 0 Å². The zero-order valence-electron chi connectivity index (χ0n) is 16.9. The lowest BCUT2D eigenvalue weighted by molar-refractivity contribution is -0.117. The number of hydrogen-bond donors (Lipinski definition) is 1. The summed E-state index contributed by atoms with van der Waals surface area (Å²) in [5.41, 5.74) is 2.30. The fraction of sp³-hybridized carbons (Fsp3) is 0.364. The molecule has 0 unspecified atom stereocenters. The van der Waals surface area contributed by atoms with Gasteiger partial charge in [-0.2, -0.15) is 0 Å². The Morgan fingerprint density at radius 2 is 1.76 bits per heavy atom. The Kier molecular flexibility index (Phi) is 6.82. The van der Waals surface area contributed by atoms with Crippen molar-refractivity contribution >= 4 is 28.9 Å². The van der Waals surface area contributed by atoms with Gasteiger partial charge in [0.05, 0.1) is 0 Å². The van der Waals surface area contributed by atoms with Crippen molar-refractivity contribution < 1.29 is 14.0 Å². The van der Waals surface area contributed by atoms with Gasteiger partial charge in [-0.15, -0.1) is 0 Å². The highest BCUT2D eigenvalue weighted by Gasteiger charge is 2.17. The van der Waals surface area contributed by atoms with E-state index < -0.39 is 5.82 Å². The fourth-order valence-electron chi connectivity index (χ4n) is 3.38. The highest BCUT2D eigenvalue weighted by molar-refractivity contribution is 5.94. The number of carbonyl (C=O) groups excluding carboxylic acids is 2. The normalized spacial score (nSPS) is 14.5. The summed E-state index contributed by atoms with van der Waals surface area (Å²) in [4.78, 5) is 30.5. The van der Waals surface area contributed by atoms with Gasteiger partial charge in [0, 0.05) is 63.1 Å². The highest BCUT2D eigenvalue weighted by Crippen LogP contribution is 2.22. The molecule has 0 spiro atoms. The molecule has 1 N–H and O–H groups in total. The Hall–Kier alpha value is -2.93. The number of halogens is 1. The van der Waals surface area contributed by atoms with E-state index in [0.717, 1.165) is 37.6 Å². The summed E-state index contributed by atoms with van der Waals surface area (Å²) in [7, 11) is 2.12. The number of hydrogen-bond acceptors (Lipinski definition) is 4. The lowest BCUT2D eigenvalue weighted by atomic mass is 10.2. The largest absolute Gasteiger partial charge is 0.369 e. The third kappa shape index (κ3) is 5.77. The average Bonchev–Trinajstić information content (AvgIpc) is 2.69. The van der Waals surface area contributed by atoms with Crippen LogP contribution in [-0.2, 0) is 9.59 Å². The quantitative estimate of drug-likeness (QED) is 0.813. The molecule has 1 fully saturated rings. The minimum Gasteiger partial charge on any atom is -0.369 e.